The third kappa shape index (κ3) is 9.02. The smallest absolute Gasteiger partial charge is 0.254 e. The molecule has 0 N–H and O–H groups in total. The summed E-state index contributed by atoms with van der Waals surface area (Å²) in [5, 5.41) is 0. The van der Waals surface area contributed by atoms with Gasteiger partial charge in [-0.2, -0.15) is 0 Å². The van der Waals surface area contributed by atoms with Crippen molar-refractivity contribution in [3.8, 4) is 11.1 Å². The summed E-state index contributed by atoms with van der Waals surface area (Å²) in [6, 6.07) is 37.8. The van der Waals surface area contributed by atoms with Crippen LogP contribution in [0.25, 0.3) is 11.1 Å². The van der Waals surface area contributed by atoms with Gasteiger partial charge in [-0.1, -0.05) is 84.9 Å². The molecule has 236 valence electrons. The van der Waals surface area contributed by atoms with Crippen LogP contribution in [0.3, 0.4) is 0 Å². The monoisotopic (exact) mass is 617 g/mol. The number of ether oxygens (including phenoxy) is 1. The van der Waals surface area contributed by atoms with Crippen LogP contribution in [0.5, 0.6) is 0 Å². The van der Waals surface area contributed by atoms with Crippen LogP contribution in [-0.4, -0.2) is 52.5 Å². The highest BCUT2D eigenvalue weighted by molar-refractivity contribution is 5.97. The van der Waals surface area contributed by atoms with E-state index in [2.05, 4.69) is 4.57 Å². The summed E-state index contributed by atoms with van der Waals surface area (Å²) in [5.41, 5.74) is 5.54. The first kappa shape index (κ1) is 32.4. The summed E-state index contributed by atoms with van der Waals surface area (Å²) in [6.07, 6.45) is 2.58. The summed E-state index contributed by atoms with van der Waals surface area (Å²) in [7, 11) is 0. The Bertz CT molecular complexity index is 1670. The molecule has 46 heavy (non-hydrogen) atoms. The Labute approximate surface area is 270 Å². The number of carbonyl (C=O) groups is 2. The lowest BCUT2D eigenvalue weighted by atomic mass is 10.0. The average Bonchev–Trinajstić information content (AvgIpc) is 3.53. The van der Waals surface area contributed by atoms with Gasteiger partial charge in [-0.15, -0.1) is 0 Å². The van der Waals surface area contributed by atoms with E-state index in [0.717, 1.165) is 27.9 Å². The number of nitrogens with zero attached hydrogens (tertiary/aromatic N) is 3. The van der Waals surface area contributed by atoms with Gasteiger partial charge in [0.2, 0.25) is 5.91 Å². The van der Waals surface area contributed by atoms with Crippen molar-refractivity contribution in [1.29, 1.82) is 0 Å². The fourth-order valence-corrected chi connectivity index (χ4v) is 5.40. The minimum atomic E-state index is -0.274. The van der Waals surface area contributed by atoms with Gasteiger partial charge in [0.05, 0.1) is 6.54 Å². The zero-order valence-corrected chi connectivity index (χ0v) is 26.2. The van der Waals surface area contributed by atoms with Crippen LogP contribution in [0.4, 0.5) is 4.39 Å². The maximum absolute atomic E-state index is 14.1. The number of aromatic nitrogens is 1. The van der Waals surface area contributed by atoms with Crippen LogP contribution in [0.15, 0.2) is 128 Å². The first-order valence-electron chi connectivity index (χ1n) is 15.7. The van der Waals surface area contributed by atoms with Crippen molar-refractivity contribution in [2.75, 3.05) is 26.3 Å². The fraction of sp³-hybridized carbons (Fsp3) is 0.231. The molecule has 1 aromatic heterocycles. The van der Waals surface area contributed by atoms with E-state index in [-0.39, 0.29) is 24.2 Å². The summed E-state index contributed by atoms with van der Waals surface area (Å²) in [4.78, 5) is 31.4. The lowest BCUT2D eigenvalue weighted by Crippen LogP contribution is -2.43. The Kier molecular flexibility index (Phi) is 11.5. The zero-order valence-electron chi connectivity index (χ0n) is 26.2. The van der Waals surface area contributed by atoms with Crippen LogP contribution in [0.1, 0.15) is 40.5 Å². The molecule has 5 rings (SSSR count). The molecule has 6 nitrogen and oxygen atoms in total. The highest BCUT2D eigenvalue weighted by Gasteiger charge is 2.23. The first-order chi connectivity index (χ1) is 22.5. The summed E-state index contributed by atoms with van der Waals surface area (Å²) in [5.74, 6) is -0.614. The van der Waals surface area contributed by atoms with Gasteiger partial charge in [0, 0.05) is 50.3 Å². The summed E-state index contributed by atoms with van der Waals surface area (Å²) < 4.78 is 21.1. The molecule has 1 heterocycles. The second-order valence-electron chi connectivity index (χ2n) is 11.2. The van der Waals surface area contributed by atoms with E-state index in [0.29, 0.717) is 51.4 Å². The minimum absolute atomic E-state index is 0.0586. The van der Waals surface area contributed by atoms with Gasteiger partial charge in [0.1, 0.15) is 12.4 Å². The van der Waals surface area contributed by atoms with Crippen LogP contribution in [0.2, 0.25) is 0 Å². The highest BCUT2D eigenvalue weighted by Crippen LogP contribution is 2.21. The molecule has 0 unspecified atom stereocenters. The van der Waals surface area contributed by atoms with Crippen molar-refractivity contribution in [2.45, 2.75) is 33.0 Å². The molecule has 0 aliphatic carbocycles. The van der Waals surface area contributed by atoms with E-state index in [9.17, 15) is 14.0 Å². The van der Waals surface area contributed by atoms with Crippen molar-refractivity contribution in [3.63, 3.8) is 0 Å². The molecule has 4 aromatic carbocycles. The molecular formula is C39H40FN3O3. The number of hydrogen-bond donors (Lipinski definition) is 0. The maximum Gasteiger partial charge on any atom is 0.254 e. The number of amides is 2. The normalized spacial score (nSPS) is 10.9. The molecule has 0 bridgehead atoms. The molecular weight excluding hydrogens is 577 g/mol. The molecule has 0 saturated heterocycles. The van der Waals surface area contributed by atoms with E-state index >= 15 is 0 Å². The van der Waals surface area contributed by atoms with Gasteiger partial charge in [0.25, 0.3) is 5.91 Å². The van der Waals surface area contributed by atoms with Crippen LogP contribution >= 0.6 is 0 Å². The topological polar surface area (TPSA) is 54.8 Å². The number of halogens is 1. The molecule has 0 spiro atoms. The third-order valence-electron chi connectivity index (χ3n) is 7.88. The van der Waals surface area contributed by atoms with Gasteiger partial charge in [0.15, 0.2) is 0 Å². The maximum atomic E-state index is 14.1. The molecule has 0 saturated carbocycles. The average molecular weight is 618 g/mol. The predicted octanol–water partition coefficient (Wildman–Crippen LogP) is 7.44. The van der Waals surface area contributed by atoms with E-state index in [1.54, 1.807) is 21.9 Å². The largest absolute Gasteiger partial charge is 0.382 e. The minimum Gasteiger partial charge on any atom is -0.382 e. The van der Waals surface area contributed by atoms with E-state index in [4.69, 9.17) is 4.74 Å². The molecule has 5 aromatic rings. The molecule has 0 fully saturated rings. The lowest BCUT2D eigenvalue weighted by Gasteiger charge is -2.28. The highest BCUT2D eigenvalue weighted by atomic mass is 19.1. The van der Waals surface area contributed by atoms with Gasteiger partial charge in [-0.3, -0.25) is 9.59 Å². The van der Waals surface area contributed by atoms with Crippen molar-refractivity contribution in [2.24, 2.45) is 0 Å². The van der Waals surface area contributed by atoms with Crippen molar-refractivity contribution in [3.05, 3.63) is 156 Å². The SMILES string of the molecule is CCOCCCN(CC(=O)N(Cc1ccccc1)Cc1cccn1Cc1ccc(F)cc1)C(=O)c1ccc(-c2ccccc2)cc1. The first-order valence-corrected chi connectivity index (χ1v) is 15.7. The number of rotatable bonds is 15. The predicted molar refractivity (Wildman–Crippen MR) is 180 cm³/mol. The van der Waals surface area contributed by atoms with Crippen molar-refractivity contribution >= 4 is 11.8 Å². The fourth-order valence-electron chi connectivity index (χ4n) is 5.40. The molecule has 0 aliphatic heterocycles. The molecule has 0 atom stereocenters. The van der Waals surface area contributed by atoms with Crippen LogP contribution in [-0.2, 0) is 29.2 Å². The Morgan fingerprint density at radius 1 is 0.717 bits per heavy atom. The second-order valence-corrected chi connectivity index (χ2v) is 11.2. The van der Waals surface area contributed by atoms with Crippen LogP contribution in [0, 0.1) is 5.82 Å². The molecule has 0 radical (unpaired) electrons. The van der Waals surface area contributed by atoms with E-state index < -0.39 is 0 Å². The molecule has 0 aliphatic rings. The Balaban J connectivity index is 1.36. The number of benzene rings is 4. The van der Waals surface area contributed by atoms with Gasteiger partial charge in [-0.25, -0.2) is 4.39 Å². The quantitative estimate of drug-likeness (QED) is 0.115. The molecule has 7 heteroatoms. The lowest BCUT2D eigenvalue weighted by molar-refractivity contribution is -0.133. The summed E-state index contributed by atoms with van der Waals surface area (Å²) >= 11 is 0. The number of carbonyl (C=O) groups excluding carboxylic acids is 2. The summed E-state index contributed by atoms with van der Waals surface area (Å²) in [6.45, 7) is 4.68. The Morgan fingerprint density at radius 2 is 1.39 bits per heavy atom. The van der Waals surface area contributed by atoms with E-state index in [1.165, 1.54) is 12.1 Å². The van der Waals surface area contributed by atoms with Gasteiger partial charge < -0.3 is 19.1 Å². The van der Waals surface area contributed by atoms with Crippen molar-refractivity contribution in [1.82, 2.24) is 14.4 Å². The Hall–Kier alpha value is -5.01. The zero-order chi connectivity index (χ0) is 32.1. The van der Waals surface area contributed by atoms with Crippen LogP contribution < -0.4 is 0 Å². The Morgan fingerprint density at radius 3 is 2.09 bits per heavy atom. The van der Waals surface area contributed by atoms with Gasteiger partial charge in [-0.05, 0) is 72.0 Å². The standard InChI is InChI=1S/C39H40FN3O3/c1-2-46-26-10-25-42(39(45)35-20-18-34(19-21-35)33-13-7-4-8-14-33)30-38(44)43(28-31-11-5-3-6-12-31)29-37-15-9-24-41(37)27-32-16-22-36(40)23-17-32/h3-9,11-24H,2,10,25-30H2,1H3. The second kappa shape index (κ2) is 16.3. The van der Waals surface area contributed by atoms with E-state index in [1.807, 2.05) is 110 Å². The van der Waals surface area contributed by atoms with Crippen molar-refractivity contribution < 1.29 is 18.7 Å². The molecule has 2 amide bonds. The third-order valence-corrected chi connectivity index (χ3v) is 7.88. The number of hydrogen-bond acceptors (Lipinski definition) is 3. The van der Waals surface area contributed by atoms with Gasteiger partial charge >= 0.3 is 0 Å².